The number of ether oxygens (including phenoxy) is 1. The summed E-state index contributed by atoms with van der Waals surface area (Å²) < 4.78 is 17.2. The monoisotopic (exact) mass is 374 g/mol. The maximum Gasteiger partial charge on any atom is 0.340 e. The largest absolute Gasteiger partial charge is 0.444 e. The minimum atomic E-state index is -1.41. The summed E-state index contributed by atoms with van der Waals surface area (Å²) in [4.78, 5) is 36.7. The van der Waals surface area contributed by atoms with Crippen LogP contribution in [0.15, 0.2) is 59.5 Å². The number of rotatable bonds is 5. The van der Waals surface area contributed by atoms with Gasteiger partial charge in [0.05, 0.1) is 21.3 Å². The summed E-state index contributed by atoms with van der Waals surface area (Å²) in [6.07, 6.45) is 0.110. The number of hydrogen-bond acceptors (Lipinski definition) is 5. The van der Waals surface area contributed by atoms with Gasteiger partial charge in [0.2, 0.25) is 6.10 Å². The number of carbonyl (C=O) groups is 3. The van der Waals surface area contributed by atoms with Crippen molar-refractivity contribution in [2.45, 2.75) is 11.0 Å². The Balaban J connectivity index is 2.32. The summed E-state index contributed by atoms with van der Waals surface area (Å²) in [5.41, 5.74) is 0.499. The second-order valence-electron chi connectivity index (χ2n) is 5.21. The molecule has 0 heterocycles. The van der Waals surface area contributed by atoms with Crippen molar-refractivity contribution in [3.05, 3.63) is 65.7 Å². The standard InChI is InChI=1S/C18H18N2O5S/c1-19-18(23)20-16(21)15(12-8-4-3-5-9-12)25-17(22)13-10-6-7-11-14(13)26(2)24/h3-11,15H,1-2H3,(H2,19,20,21,23)/t15-,26-/m0/s1. The number of benzene rings is 2. The lowest BCUT2D eigenvalue weighted by atomic mass is 10.1. The highest BCUT2D eigenvalue weighted by Gasteiger charge is 2.28. The predicted octanol–water partition coefficient (Wildman–Crippen LogP) is 1.78. The number of amides is 3. The van der Waals surface area contributed by atoms with Gasteiger partial charge < -0.3 is 10.1 Å². The zero-order valence-corrected chi connectivity index (χ0v) is 15.0. The van der Waals surface area contributed by atoms with Crippen molar-refractivity contribution >= 4 is 28.7 Å². The average molecular weight is 374 g/mol. The third-order valence-electron chi connectivity index (χ3n) is 3.45. The normalized spacial score (nSPS) is 12.5. The Morgan fingerprint density at radius 1 is 1.00 bits per heavy atom. The fourth-order valence-corrected chi connectivity index (χ4v) is 2.93. The fraction of sp³-hybridized carbons (Fsp3) is 0.167. The van der Waals surface area contributed by atoms with Crippen LogP contribution in [0.25, 0.3) is 0 Å². The van der Waals surface area contributed by atoms with E-state index in [2.05, 4.69) is 10.6 Å². The molecule has 2 aromatic carbocycles. The highest BCUT2D eigenvalue weighted by Crippen LogP contribution is 2.22. The van der Waals surface area contributed by atoms with Crippen LogP contribution < -0.4 is 10.6 Å². The molecule has 0 spiro atoms. The topological polar surface area (TPSA) is 102 Å². The van der Waals surface area contributed by atoms with Crippen molar-refractivity contribution in [1.82, 2.24) is 10.6 Å². The van der Waals surface area contributed by atoms with Gasteiger partial charge >= 0.3 is 12.0 Å². The molecule has 2 atom stereocenters. The van der Waals surface area contributed by atoms with Gasteiger partial charge in [-0.25, -0.2) is 9.59 Å². The fourth-order valence-electron chi connectivity index (χ4n) is 2.20. The van der Waals surface area contributed by atoms with Gasteiger partial charge in [0.25, 0.3) is 5.91 Å². The van der Waals surface area contributed by atoms with E-state index in [9.17, 15) is 18.6 Å². The van der Waals surface area contributed by atoms with E-state index >= 15 is 0 Å². The number of carbonyl (C=O) groups excluding carboxylic acids is 3. The quantitative estimate of drug-likeness (QED) is 0.777. The first-order chi connectivity index (χ1) is 12.4. The third-order valence-corrected chi connectivity index (χ3v) is 4.42. The van der Waals surface area contributed by atoms with Gasteiger partial charge in [-0.2, -0.15) is 0 Å². The Kier molecular flexibility index (Phi) is 6.62. The molecular formula is C18H18N2O5S. The second kappa shape index (κ2) is 8.91. The maximum atomic E-state index is 12.6. The molecule has 26 heavy (non-hydrogen) atoms. The molecule has 2 N–H and O–H groups in total. The Morgan fingerprint density at radius 3 is 2.23 bits per heavy atom. The summed E-state index contributed by atoms with van der Waals surface area (Å²) in [5.74, 6) is -1.60. The summed E-state index contributed by atoms with van der Waals surface area (Å²) in [5, 5.41) is 4.36. The SMILES string of the molecule is CNC(=O)NC(=O)[C@@H](OC(=O)c1ccccc1[S@](C)=O)c1ccccc1. The molecule has 7 nitrogen and oxygen atoms in total. The van der Waals surface area contributed by atoms with Crippen LogP contribution in [0.3, 0.4) is 0 Å². The van der Waals surface area contributed by atoms with Crippen molar-refractivity contribution in [3.63, 3.8) is 0 Å². The van der Waals surface area contributed by atoms with E-state index in [1.165, 1.54) is 19.4 Å². The Labute approximate surface area is 153 Å². The van der Waals surface area contributed by atoms with Crippen LogP contribution in [0.5, 0.6) is 0 Å². The van der Waals surface area contributed by atoms with E-state index in [0.29, 0.717) is 10.5 Å². The third kappa shape index (κ3) is 4.76. The molecule has 136 valence electrons. The molecule has 0 fully saturated rings. The molecule has 0 aliphatic heterocycles. The van der Waals surface area contributed by atoms with Gasteiger partial charge in [-0.05, 0) is 12.1 Å². The van der Waals surface area contributed by atoms with Gasteiger partial charge in [-0.1, -0.05) is 42.5 Å². The summed E-state index contributed by atoms with van der Waals surface area (Å²) >= 11 is 0. The number of nitrogens with one attached hydrogen (secondary N) is 2. The molecule has 2 aromatic rings. The molecule has 3 amide bonds. The Morgan fingerprint density at radius 2 is 1.62 bits per heavy atom. The van der Waals surface area contributed by atoms with Crippen molar-refractivity contribution < 1.29 is 23.3 Å². The summed E-state index contributed by atoms with van der Waals surface area (Å²) in [6.45, 7) is 0. The molecule has 0 aromatic heterocycles. The van der Waals surface area contributed by atoms with Crippen molar-refractivity contribution in [1.29, 1.82) is 0 Å². The first kappa shape index (κ1) is 19.3. The van der Waals surface area contributed by atoms with E-state index in [0.717, 1.165) is 0 Å². The summed E-state index contributed by atoms with van der Waals surface area (Å²) in [6, 6.07) is 13.9. The lowest BCUT2D eigenvalue weighted by Gasteiger charge is -2.18. The van der Waals surface area contributed by atoms with Crippen LogP contribution in [-0.4, -0.2) is 35.4 Å². The number of imide groups is 1. The van der Waals surface area contributed by atoms with E-state index < -0.39 is 34.8 Å². The highest BCUT2D eigenvalue weighted by molar-refractivity contribution is 7.84. The van der Waals surface area contributed by atoms with Gasteiger partial charge in [0, 0.05) is 18.9 Å². The first-order valence-electron chi connectivity index (χ1n) is 7.65. The smallest absolute Gasteiger partial charge is 0.340 e. The number of urea groups is 1. The molecule has 0 aliphatic rings. The molecule has 0 unspecified atom stereocenters. The first-order valence-corrected chi connectivity index (χ1v) is 9.20. The molecule has 0 radical (unpaired) electrons. The van der Waals surface area contributed by atoms with Gasteiger partial charge in [0.1, 0.15) is 0 Å². The van der Waals surface area contributed by atoms with Crippen LogP contribution in [0, 0.1) is 0 Å². The van der Waals surface area contributed by atoms with Crippen LogP contribution >= 0.6 is 0 Å². The molecule has 0 bridgehead atoms. The van der Waals surface area contributed by atoms with Crippen LogP contribution in [0.1, 0.15) is 22.0 Å². The van der Waals surface area contributed by atoms with Crippen molar-refractivity contribution in [2.75, 3.05) is 13.3 Å². The summed E-state index contributed by atoms with van der Waals surface area (Å²) in [7, 11) is -0.0471. The number of esters is 1. The van der Waals surface area contributed by atoms with Crippen LogP contribution in [0.4, 0.5) is 4.79 Å². The van der Waals surface area contributed by atoms with E-state index in [1.807, 2.05) is 0 Å². The zero-order valence-electron chi connectivity index (χ0n) is 14.2. The van der Waals surface area contributed by atoms with Gasteiger partial charge in [-0.3, -0.25) is 14.3 Å². The molecule has 8 heteroatoms. The minimum Gasteiger partial charge on any atom is -0.444 e. The molecule has 0 saturated heterocycles. The molecular weight excluding hydrogens is 356 g/mol. The van der Waals surface area contributed by atoms with Gasteiger partial charge in [-0.15, -0.1) is 0 Å². The lowest BCUT2D eigenvalue weighted by molar-refractivity contribution is -0.129. The average Bonchev–Trinajstić information content (AvgIpc) is 2.66. The highest BCUT2D eigenvalue weighted by atomic mass is 32.2. The van der Waals surface area contributed by atoms with Gasteiger partial charge in [0.15, 0.2) is 0 Å². The van der Waals surface area contributed by atoms with E-state index in [4.69, 9.17) is 4.74 Å². The van der Waals surface area contributed by atoms with Crippen molar-refractivity contribution in [2.24, 2.45) is 0 Å². The van der Waals surface area contributed by atoms with Crippen LogP contribution in [-0.2, 0) is 20.3 Å². The maximum absolute atomic E-state index is 12.6. The molecule has 0 saturated carbocycles. The van der Waals surface area contributed by atoms with E-state index in [1.54, 1.807) is 48.5 Å². The van der Waals surface area contributed by atoms with E-state index in [-0.39, 0.29) is 5.56 Å². The minimum absolute atomic E-state index is 0.0991. The second-order valence-corrected chi connectivity index (χ2v) is 6.56. The predicted molar refractivity (Wildman–Crippen MR) is 96.0 cm³/mol. The van der Waals surface area contributed by atoms with Crippen LogP contribution in [0.2, 0.25) is 0 Å². The Hall–Kier alpha value is -3.00. The lowest BCUT2D eigenvalue weighted by Crippen LogP contribution is -2.41. The zero-order chi connectivity index (χ0) is 19.1. The molecule has 2 rings (SSSR count). The Bertz CT molecular complexity index is 838. The number of hydrogen-bond donors (Lipinski definition) is 2. The van der Waals surface area contributed by atoms with Crippen molar-refractivity contribution in [3.8, 4) is 0 Å². The molecule has 0 aliphatic carbocycles.